The van der Waals surface area contributed by atoms with Gasteiger partial charge in [-0.3, -0.25) is 4.79 Å². The third kappa shape index (κ3) is 2.90. The van der Waals surface area contributed by atoms with Crippen LogP contribution in [0.15, 0.2) is 24.3 Å². The van der Waals surface area contributed by atoms with Crippen LogP contribution in [-0.2, 0) is 11.2 Å². The summed E-state index contributed by atoms with van der Waals surface area (Å²) in [5.41, 5.74) is 1.26. The van der Waals surface area contributed by atoms with E-state index in [1.165, 1.54) is 12.8 Å². The fourth-order valence-corrected chi connectivity index (χ4v) is 2.98. The highest BCUT2D eigenvalue weighted by Crippen LogP contribution is 2.43. The van der Waals surface area contributed by atoms with E-state index in [9.17, 15) is 4.79 Å². The molecule has 0 spiro atoms. The average Bonchev–Trinajstić information content (AvgIpc) is 2.61. The molecule has 1 aromatic rings. The molecule has 1 nitrogen and oxygen atoms in total. The van der Waals surface area contributed by atoms with Gasteiger partial charge in [-0.2, -0.15) is 0 Å². The van der Waals surface area contributed by atoms with E-state index in [4.69, 9.17) is 11.6 Å². The Kier molecular flexibility index (Phi) is 3.58. The molecule has 17 heavy (non-hydrogen) atoms. The molecule has 2 rings (SSSR count). The van der Waals surface area contributed by atoms with Crippen molar-refractivity contribution in [1.29, 1.82) is 0 Å². The number of hydrogen-bond donors (Lipinski definition) is 0. The average molecular weight is 251 g/mol. The van der Waals surface area contributed by atoms with Gasteiger partial charge in [0.15, 0.2) is 0 Å². The Bertz CT molecular complexity index is 405. The smallest absolute Gasteiger partial charge is 0.140 e. The summed E-state index contributed by atoms with van der Waals surface area (Å²) in [5.74, 6) is 0.619. The summed E-state index contributed by atoms with van der Waals surface area (Å²) < 4.78 is 0. The number of carbonyl (C=O) groups excluding carboxylic acids is 1. The van der Waals surface area contributed by atoms with Crippen LogP contribution in [0.1, 0.15) is 38.7 Å². The lowest BCUT2D eigenvalue weighted by molar-refractivity contribution is -0.124. The molecular formula is C15H19ClO. The van der Waals surface area contributed by atoms with Crippen molar-refractivity contribution < 1.29 is 4.79 Å². The summed E-state index contributed by atoms with van der Waals surface area (Å²) in [4.78, 5) is 12.3. The zero-order valence-electron chi connectivity index (χ0n) is 10.5. The Morgan fingerprint density at radius 3 is 2.53 bits per heavy atom. The summed E-state index contributed by atoms with van der Waals surface area (Å²) in [7, 11) is 0. The van der Waals surface area contributed by atoms with Crippen LogP contribution in [0, 0.1) is 11.3 Å². The number of benzene rings is 1. The van der Waals surface area contributed by atoms with Crippen LogP contribution in [0.25, 0.3) is 0 Å². The maximum Gasteiger partial charge on any atom is 0.140 e. The lowest BCUT2D eigenvalue weighted by Gasteiger charge is -2.25. The molecule has 2 heteroatoms. The van der Waals surface area contributed by atoms with Crippen LogP contribution in [0.5, 0.6) is 0 Å². The Hall–Kier alpha value is -0.820. The second-order valence-corrected chi connectivity index (χ2v) is 6.14. The van der Waals surface area contributed by atoms with Gasteiger partial charge in [-0.05, 0) is 36.0 Å². The van der Waals surface area contributed by atoms with Gasteiger partial charge in [-0.25, -0.2) is 0 Å². The van der Waals surface area contributed by atoms with E-state index in [2.05, 4.69) is 13.8 Å². The minimum absolute atomic E-state index is 0.184. The van der Waals surface area contributed by atoms with Crippen molar-refractivity contribution in [3.8, 4) is 0 Å². The molecule has 1 aliphatic carbocycles. The highest BCUT2D eigenvalue weighted by atomic mass is 35.5. The third-order valence-corrected chi connectivity index (χ3v) is 4.19. The molecule has 0 aromatic heterocycles. The van der Waals surface area contributed by atoms with Gasteiger partial charge in [0.05, 0.1) is 0 Å². The van der Waals surface area contributed by atoms with Crippen molar-refractivity contribution in [2.24, 2.45) is 11.3 Å². The van der Waals surface area contributed by atoms with Gasteiger partial charge in [-0.15, -0.1) is 0 Å². The van der Waals surface area contributed by atoms with Crippen LogP contribution in [0.4, 0.5) is 0 Å². The third-order valence-electron chi connectivity index (χ3n) is 3.94. The Labute approximate surface area is 108 Å². The topological polar surface area (TPSA) is 17.1 Å². The van der Waals surface area contributed by atoms with Crippen molar-refractivity contribution >= 4 is 17.4 Å². The fraction of sp³-hybridized carbons (Fsp3) is 0.533. The van der Waals surface area contributed by atoms with E-state index < -0.39 is 0 Å². The molecule has 1 saturated carbocycles. The second-order valence-electron chi connectivity index (χ2n) is 5.70. The van der Waals surface area contributed by atoms with Gasteiger partial charge >= 0.3 is 0 Å². The van der Waals surface area contributed by atoms with Crippen molar-refractivity contribution in [3.63, 3.8) is 0 Å². The standard InChI is InChI=1S/C15H19ClO/c1-15(2)9-3-4-13(15)14(17)10-11-5-7-12(16)8-6-11/h5-8,13H,3-4,9-10H2,1-2H3. The highest BCUT2D eigenvalue weighted by molar-refractivity contribution is 6.30. The summed E-state index contributed by atoms with van der Waals surface area (Å²) in [6.07, 6.45) is 3.96. The van der Waals surface area contributed by atoms with E-state index >= 15 is 0 Å². The lowest BCUT2D eigenvalue weighted by atomic mass is 9.78. The number of carbonyl (C=O) groups is 1. The van der Waals surface area contributed by atoms with E-state index in [1.54, 1.807) is 0 Å². The summed E-state index contributed by atoms with van der Waals surface area (Å²) in [5, 5.41) is 0.724. The molecule has 0 N–H and O–H groups in total. The predicted molar refractivity (Wildman–Crippen MR) is 71.3 cm³/mol. The largest absolute Gasteiger partial charge is 0.299 e. The van der Waals surface area contributed by atoms with Crippen molar-refractivity contribution in [1.82, 2.24) is 0 Å². The van der Waals surface area contributed by atoms with Gasteiger partial charge in [0, 0.05) is 17.4 Å². The van der Waals surface area contributed by atoms with Gasteiger partial charge in [-0.1, -0.05) is 44.0 Å². The molecule has 0 saturated heterocycles. The zero-order chi connectivity index (χ0) is 12.5. The molecule has 92 valence electrons. The Balaban J connectivity index is 2.04. The quantitative estimate of drug-likeness (QED) is 0.783. The molecule has 1 unspecified atom stereocenters. The zero-order valence-corrected chi connectivity index (χ0v) is 11.3. The van der Waals surface area contributed by atoms with Crippen molar-refractivity contribution in [3.05, 3.63) is 34.9 Å². The normalized spacial score (nSPS) is 22.6. The summed E-state index contributed by atoms with van der Waals surface area (Å²) >= 11 is 5.84. The summed E-state index contributed by atoms with van der Waals surface area (Å²) in [6.45, 7) is 4.43. The lowest BCUT2D eigenvalue weighted by Crippen LogP contribution is -2.27. The number of hydrogen-bond acceptors (Lipinski definition) is 1. The Morgan fingerprint density at radius 1 is 1.35 bits per heavy atom. The van der Waals surface area contributed by atoms with Crippen LogP contribution in [0.3, 0.4) is 0 Å². The number of Topliss-reactive ketones (excluding diaryl/α,β-unsaturated/α-hetero) is 1. The highest BCUT2D eigenvalue weighted by Gasteiger charge is 2.38. The number of halogens is 1. The van der Waals surface area contributed by atoms with Crippen LogP contribution in [-0.4, -0.2) is 5.78 Å². The van der Waals surface area contributed by atoms with Crippen molar-refractivity contribution in [2.75, 3.05) is 0 Å². The van der Waals surface area contributed by atoms with Gasteiger partial charge in [0.2, 0.25) is 0 Å². The molecule has 1 aliphatic rings. The second kappa shape index (κ2) is 4.81. The Morgan fingerprint density at radius 2 is 2.00 bits per heavy atom. The molecule has 1 fully saturated rings. The molecular weight excluding hydrogens is 232 g/mol. The van der Waals surface area contributed by atoms with Gasteiger partial charge in [0.1, 0.15) is 5.78 Å². The summed E-state index contributed by atoms with van der Waals surface area (Å²) in [6, 6.07) is 7.60. The van der Waals surface area contributed by atoms with E-state index in [0.717, 1.165) is 17.0 Å². The van der Waals surface area contributed by atoms with Crippen molar-refractivity contribution in [2.45, 2.75) is 39.5 Å². The molecule has 0 aliphatic heterocycles. The van der Waals surface area contributed by atoms with E-state index in [1.807, 2.05) is 24.3 Å². The molecule has 0 bridgehead atoms. The minimum Gasteiger partial charge on any atom is -0.299 e. The maximum atomic E-state index is 12.3. The first-order valence-corrected chi connectivity index (χ1v) is 6.64. The van der Waals surface area contributed by atoms with Crippen LogP contribution in [0.2, 0.25) is 5.02 Å². The molecule has 0 amide bonds. The monoisotopic (exact) mass is 250 g/mol. The number of rotatable bonds is 3. The maximum absolute atomic E-state index is 12.3. The molecule has 0 radical (unpaired) electrons. The first-order chi connectivity index (χ1) is 7.99. The molecule has 0 heterocycles. The number of ketones is 1. The van der Waals surface area contributed by atoms with E-state index in [0.29, 0.717) is 12.2 Å². The minimum atomic E-state index is 0.184. The van der Waals surface area contributed by atoms with Gasteiger partial charge < -0.3 is 0 Å². The first kappa shape index (κ1) is 12.6. The van der Waals surface area contributed by atoms with E-state index in [-0.39, 0.29) is 11.3 Å². The first-order valence-electron chi connectivity index (χ1n) is 6.26. The van der Waals surface area contributed by atoms with Crippen LogP contribution >= 0.6 is 11.6 Å². The SMILES string of the molecule is CC1(C)CCCC1C(=O)Cc1ccc(Cl)cc1. The van der Waals surface area contributed by atoms with Gasteiger partial charge in [0.25, 0.3) is 0 Å². The van der Waals surface area contributed by atoms with Crippen LogP contribution < -0.4 is 0 Å². The molecule has 1 aromatic carbocycles. The predicted octanol–water partition coefficient (Wildman–Crippen LogP) is 4.28. The molecule has 1 atom stereocenters. The fourth-order valence-electron chi connectivity index (χ4n) is 2.85.